The van der Waals surface area contributed by atoms with E-state index in [0.29, 0.717) is 6.42 Å². The first-order valence-electron chi connectivity index (χ1n) is 9.63. The third kappa shape index (κ3) is 5.24. The van der Waals surface area contributed by atoms with Crippen molar-refractivity contribution < 1.29 is 22.7 Å². The molecule has 0 bridgehead atoms. The van der Waals surface area contributed by atoms with Crippen molar-refractivity contribution >= 4 is 17.5 Å². The van der Waals surface area contributed by atoms with Crippen LogP contribution in [0, 0.1) is 0 Å². The Morgan fingerprint density at radius 3 is 2.30 bits per heavy atom. The minimum absolute atomic E-state index is 0.00795. The topological polar surface area (TPSA) is 83.0 Å². The van der Waals surface area contributed by atoms with Crippen LogP contribution in [-0.4, -0.2) is 38.4 Å². The van der Waals surface area contributed by atoms with Crippen LogP contribution < -0.4 is 10.6 Å². The molecule has 0 radical (unpaired) electrons. The zero-order valence-electron chi connectivity index (χ0n) is 16.5. The van der Waals surface area contributed by atoms with Gasteiger partial charge in [-0.1, -0.05) is 30.3 Å². The Balaban J connectivity index is 1.97. The van der Waals surface area contributed by atoms with E-state index in [9.17, 15) is 22.7 Å². The van der Waals surface area contributed by atoms with Gasteiger partial charge in [0.2, 0.25) is 11.9 Å². The number of nitrogens with zero attached hydrogens (tertiary/aromatic N) is 3. The summed E-state index contributed by atoms with van der Waals surface area (Å²) in [6, 6.07) is 7.16. The molecule has 2 aromatic rings. The van der Waals surface area contributed by atoms with Crippen molar-refractivity contribution in [3.05, 3.63) is 47.5 Å². The normalized spacial score (nSPS) is 19.4. The summed E-state index contributed by atoms with van der Waals surface area (Å²) in [6.07, 6.45) is -4.72. The second-order valence-electron chi connectivity index (χ2n) is 7.23. The zero-order chi connectivity index (χ0) is 21.9. The minimum atomic E-state index is -4.51. The summed E-state index contributed by atoms with van der Waals surface area (Å²) >= 11 is 0. The molecule has 1 aromatic carbocycles. The lowest BCUT2D eigenvalue weighted by atomic mass is 9.96. The average molecular weight is 425 g/mol. The second kappa shape index (κ2) is 8.95. The summed E-state index contributed by atoms with van der Waals surface area (Å²) in [6.45, 7) is 2.78. The van der Waals surface area contributed by atoms with Gasteiger partial charge in [-0.25, -0.2) is 4.39 Å². The van der Waals surface area contributed by atoms with Crippen LogP contribution in [0.4, 0.5) is 29.5 Å². The predicted octanol–water partition coefficient (Wildman–Crippen LogP) is 4.63. The highest BCUT2D eigenvalue weighted by Crippen LogP contribution is 2.33. The van der Waals surface area contributed by atoms with Crippen LogP contribution >= 0.6 is 0 Å². The SMILES string of the molecule is C[C@@H](Nc1nc(N[C@H](C)C(F)(F)F)nc(C2=C(F)C(O)CCC2)n1)c1ccccc1. The van der Waals surface area contributed by atoms with Gasteiger partial charge in [0.1, 0.15) is 18.0 Å². The van der Waals surface area contributed by atoms with Gasteiger partial charge in [0, 0.05) is 5.57 Å². The molecular weight excluding hydrogens is 402 g/mol. The van der Waals surface area contributed by atoms with Gasteiger partial charge in [-0.05, 0) is 38.7 Å². The molecule has 3 N–H and O–H groups in total. The Labute approximate surface area is 171 Å². The number of allylic oxidation sites excluding steroid dienone is 1. The molecule has 6 nitrogen and oxygen atoms in total. The Kier molecular flexibility index (Phi) is 6.55. The molecule has 0 saturated carbocycles. The molecule has 1 heterocycles. The average Bonchev–Trinajstić information content (AvgIpc) is 2.69. The number of anilines is 2. The lowest BCUT2D eigenvalue weighted by Gasteiger charge is -2.21. The van der Waals surface area contributed by atoms with E-state index in [1.807, 2.05) is 37.3 Å². The Hall–Kier alpha value is -2.75. The standard InChI is InChI=1S/C20H23F4N5O/c1-11(13-7-4-3-5-8-13)25-18-27-17(14-9-6-10-15(30)16(14)21)28-19(29-18)26-12(2)20(22,23)24/h3-5,7-8,11-12,15,30H,6,9-10H2,1-2H3,(H2,25,26,27,28,29)/t11-,12-,15?/m1/s1. The molecular formula is C20H23F4N5O. The van der Waals surface area contributed by atoms with E-state index in [1.165, 1.54) is 0 Å². The van der Waals surface area contributed by atoms with Crippen molar-refractivity contribution in [3.8, 4) is 0 Å². The van der Waals surface area contributed by atoms with Gasteiger partial charge in [0.25, 0.3) is 0 Å². The monoisotopic (exact) mass is 425 g/mol. The lowest BCUT2D eigenvalue weighted by molar-refractivity contribution is -0.138. The molecule has 162 valence electrons. The van der Waals surface area contributed by atoms with Gasteiger partial charge in [-0.15, -0.1) is 0 Å². The van der Waals surface area contributed by atoms with E-state index in [2.05, 4.69) is 25.6 Å². The molecule has 0 spiro atoms. The molecule has 1 aliphatic rings. The summed E-state index contributed by atoms with van der Waals surface area (Å²) in [4.78, 5) is 12.2. The van der Waals surface area contributed by atoms with E-state index in [0.717, 1.165) is 12.5 Å². The van der Waals surface area contributed by atoms with Crippen LogP contribution in [0.25, 0.3) is 5.57 Å². The molecule has 0 aliphatic heterocycles. The number of aromatic nitrogens is 3. The van der Waals surface area contributed by atoms with Gasteiger partial charge >= 0.3 is 6.18 Å². The highest BCUT2D eigenvalue weighted by atomic mass is 19.4. The van der Waals surface area contributed by atoms with E-state index in [1.54, 1.807) is 0 Å². The molecule has 1 aliphatic carbocycles. The second-order valence-corrected chi connectivity index (χ2v) is 7.23. The number of alkyl halides is 3. The molecule has 1 aromatic heterocycles. The van der Waals surface area contributed by atoms with E-state index < -0.39 is 24.1 Å². The summed E-state index contributed by atoms with van der Waals surface area (Å²) in [5.41, 5.74) is 0.991. The van der Waals surface area contributed by atoms with Gasteiger partial charge in [0.05, 0.1) is 6.04 Å². The van der Waals surface area contributed by atoms with Crippen molar-refractivity contribution in [1.29, 1.82) is 0 Å². The number of halogens is 4. The zero-order valence-corrected chi connectivity index (χ0v) is 16.5. The Morgan fingerprint density at radius 2 is 1.67 bits per heavy atom. The van der Waals surface area contributed by atoms with Crippen LogP contribution in [-0.2, 0) is 0 Å². The number of hydrogen-bond donors (Lipinski definition) is 3. The number of benzene rings is 1. The highest BCUT2D eigenvalue weighted by Gasteiger charge is 2.36. The number of nitrogens with one attached hydrogen (secondary N) is 2. The largest absolute Gasteiger partial charge is 0.408 e. The first-order chi connectivity index (χ1) is 14.1. The molecule has 0 fully saturated rings. The molecule has 0 saturated heterocycles. The molecule has 3 atom stereocenters. The first kappa shape index (κ1) is 21.9. The van der Waals surface area contributed by atoms with Crippen molar-refractivity contribution in [2.24, 2.45) is 0 Å². The van der Waals surface area contributed by atoms with Gasteiger partial charge in [-0.3, -0.25) is 0 Å². The van der Waals surface area contributed by atoms with E-state index in [4.69, 9.17) is 0 Å². The maximum Gasteiger partial charge on any atom is 0.408 e. The van der Waals surface area contributed by atoms with E-state index >= 15 is 0 Å². The smallest absolute Gasteiger partial charge is 0.386 e. The number of hydrogen-bond acceptors (Lipinski definition) is 6. The van der Waals surface area contributed by atoms with Crippen molar-refractivity contribution in [2.75, 3.05) is 10.6 Å². The van der Waals surface area contributed by atoms with Crippen LogP contribution in [0.5, 0.6) is 0 Å². The predicted molar refractivity (Wildman–Crippen MR) is 105 cm³/mol. The quantitative estimate of drug-likeness (QED) is 0.586. The van der Waals surface area contributed by atoms with Crippen molar-refractivity contribution in [3.63, 3.8) is 0 Å². The third-order valence-corrected chi connectivity index (χ3v) is 4.87. The molecule has 0 amide bonds. The van der Waals surface area contributed by atoms with Crippen molar-refractivity contribution in [2.45, 2.75) is 57.5 Å². The maximum absolute atomic E-state index is 14.5. The number of aliphatic hydroxyl groups is 1. The Bertz CT molecular complexity index is 904. The first-order valence-corrected chi connectivity index (χ1v) is 9.63. The fraction of sp³-hybridized carbons (Fsp3) is 0.450. The van der Waals surface area contributed by atoms with Gasteiger partial charge < -0.3 is 15.7 Å². The summed E-state index contributed by atoms with van der Waals surface area (Å²) < 4.78 is 53.4. The van der Waals surface area contributed by atoms with Gasteiger partial charge in [-0.2, -0.15) is 28.1 Å². The molecule has 10 heteroatoms. The van der Waals surface area contributed by atoms with E-state index in [-0.39, 0.29) is 42.2 Å². The lowest BCUT2D eigenvalue weighted by Crippen LogP contribution is -2.34. The summed E-state index contributed by atoms with van der Waals surface area (Å²) in [7, 11) is 0. The minimum Gasteiger partial charge on any atom is -0.386 e. The van der Waals surface area contributed by atoms with Crippen LogP contribution in [0.3, 0.4) is 0 Å². The van der Waals surface area contributed by atoms with Crippen molar-refractivity contribution in [1.82, 2.24) is 15.0 Å². The fourth-order valence-electron chi connectivity index (χ4n) is 3.07. The summed E-state index contributed by atoms with van der Waals surface area (Å²) in [5.74, 6) is -1.17. The van der Waals surface area contributed by atoms with Gasteiger partial charge in [0.15, 0.2) is 5.82 Å². The Morgan fingerprint density at radius 1 is 1.03 bits per heavy atom. The third-order valence-electron chi connectivity index (χ3n) is 4.87. The number of aliphatic hydroxyl groups excluding tert-OH is 1. The fourth-order valence-corrected chi connectivity index (χ4v) is 3.07. The highest BCUT2D eigenvalue weighted by molar-refractivity contribution is 5.65. The molecule has 1 unspecified atom stereocenters. The number of rotatable bonds is 6. The van der Waals surface area contributed by atoms with Crippen LogP contribution in [0.1, 0.15) is 50.5 Å². The summed E-state index contributed by atoms with van der Waals surface area (Å²) in [5, 5.41) is 15.0. The van der Waals surface area contributed by atoms with Crippen LogP contribution in [0.15, 0.2) is 36.2 Å². The molecule has 3 rings (SSSR count). The molecule has 30 heavy (non-hydrogen) atoms. The maximum atomic E-state index is 14.5. The van der Waals surface area contributed by atoms with Crippen LogP contribution in [0.2, 0.25) is 0 Å².